The Hall–Kier alpha value is -4.05. The van der Waals surface area contributed by atoms with Crippen LogP contribution in [0.25, 0.3) is 0 Å². The highest BCUT2D eigenvalue weighted by Gasteiger charge is 2.47. The molecule has 2 saturated heterocycles. The van der Waals surface area contributed by atoms with Crippen molar-refractivity contribution in [1.82, 2.24) is 5.32 Å². The molecule has 2 rings (SSSR count). The summed E-state index contributed by atoms with van der Waals surface area (Å²) in [5.41, 5.74) is 6.17. The topological polar surface area (TPSA) is 478 Å². The van der Waals surface area contributed by atoms with E-state index in [0.717, 1.165) is 32.1 Å². The van der Waals surface area contributed by atoms with Crippen LogP contribution < -0.4 is 11.1 Å². The molecule has 2 fully saturated rings. The molecule has 24 atom stereocenters. The third kappa shape index (κ3) is 32.1. The van der Waals surface area contributed by atoms with Gasteiger partial charge in [0.1, 0.15) is 73.2 Å². The average molecular weight is 1310 g/mol. The number of nitrogens with one attached hydrogen (secondary N) is 1. The van der Waals surface area contributed by atoms with Crippen LogP contribution in [0.1, 0.15) is 129 Å². The first kappa shape index (κ1) is 84.0. The van der Waals surface area contributed by atoms with E-state index in [4.69, 9.17) is 15.2 Å². The van der Waals surface area contributed by atoms with Gasteiger partial charge in [-0.15, -0.1) is 6.58 Å². The molecule has 0 aliphatic carbocycles. The molecule has 0 aromatic rings. The number of carbonyl (C=O) groups excluding carboxylic acids is 1. The maximum atomic E-state index is 12.6. The molecule has 25 nitrogen and oxygen atoms in total. The minimum absolute atomic E-state index is 0.00365. The van der Waals surface area contributed by atoms with Crippen LogP contribution in [0.15, 0.2) is 121 Å². The van der Waals surface area contributed by atoms with E-state index in [0.29, 0.717) is 43.3 Å². The van der Waals surface area contributed by atoms with E-state index in [9.17, 15) is 107 Å². The van der Waals surface area contributed by atoms with Crippen molar-refractivity contribution in [3.63, 3.8) is 0 Å². The summed E-state index contributed by atoms with van der Waals surface area (Å²) >= 11 is 0. The smallest absolute Gasteiger partial charge is 0.251 e. The van der Waals surface area contributed by atoms with Gasteiger partial charge < -0.3 is 123 Å². The number of nitrogens with two attached hydrogens (primary N) is 1. The Balaban J connectivity index is 1.80. The van der Waals surface area contributed by atoms with Crippen molar-refractivity contribution in [1.29, 1.82) is 0 Å². The lowest BCUT2D eigenvalue weighted by Gasteiger charge is -2.42. The number of carbonyl (C=O) groups is 1. The van der Waals surface area contributed by atoms with Crippen molar-refractivity contribution < 1.29 is 116 Å². The molecule has 2 aliphatic heterocycles. The van der Waals surface area contributed by atoms with Gasteiger partial charge in [0, 0.05) is 32.4 Å². The predicted octanol–water partition coefficient (Wildman–Crippen LogP) is -1.19. The van der Waals surface area contributed by atoms with E-state index in [1.165, 1.54) is 36.5 Å². The van der Waals surface area contributed by atoms with Crippen LogP contribution in [0.4, 0.5) is 0 Å². The molecule has 23 N–H and O–H groups in total. The maximum absolute atomic E-state index is 12.6. The molecule has 1 amide bonds. The van der Waals surface area contributed by atoms with E-state index in [1.807, 2.05) is 6.08 Å². The van der Waals surface area contributed by atoms with E-state index >= 15 is 0 Å². The van der Waals surface area contributed by atoms with E-state index in [2.05, 4.69) is 30.6 Å². The molecule has 0 bridgehead atoms. The minimum Gasteiger partial charge on any atom is -0.393 e. The molecule has 0 radical (unpaired) electrons. The fourth-order valence-corrected chi connectivity index (χ4v) is 10.2. The van der Waals surface area contributed by atoms with Gasteiger partial charge in [-0.05, 0) is 121 Å². The first-order valence-corrected chi connectivity index (χ1v) is 32.1. The number of amides is 1. The average Bonchev–Trinajstić information content (AvgIpc) is 0.827. The van der Waals surface area contributed by atoms with Crippen LogP contribution in [-0.2, 0) is 14.3 Å². The first-order chi connectivity index (χ1) is 43.5. The number of unbranched alkanes of at least 4 members (excludes halogenated alkanes) is 5. The number of ether oxygens (including phenoxy) is 2. The Morgan fingerprint density at radius 1 is 0.565 bits per heavy atom. The van der Waals surface area contributed by atoms with E-state index in [1.54, 1.807) is 50.3 Å². The van der Waals surface area contributed by atoms with Gasteiger partial charge in [0.25, 0.3) is 5.91 Å². The molecule has 0 aromatic heterocycles. The van der Waals surface area contributed by atoms with Gasteiger partial charge in [-0.2, -0.15) is 0 Å². The van der Waals surface area contributed by atoms with Gasteiger partial charge in [0.15, 0.2) is 6.10 Å². The largest absolute Gasteiger partial charge is 0.393 e. The van der Waals surface area contributed by atoms with Crippen molar-refractivity contribution in [3.05, 3.63) is 121 Å². The summed E-state index contributed by atoms with van der Waals surface area (Å²) in [5, 5.41) is 215. The summed E-state index contributed by atoms with van der Waals surface area (Å²) in [6.45, 7) is 10.4. The monoisotopic (exact) mass is 1310 g/mol. The Morgan fingerprint density at radius 3 is 1.78 bits per heavy atom. The highest BCUT2D eigenvalue weighted by Crippen LogP contribution is 2.31. The van der Waals surface area contributed by atoms with Gasteiger partial charge in [-0.25, -0.2) is 0 Å². The lowest BCUT2D eigenvalue weighted by Crippen LogP contribution is -2.59. The summed E-state index contributed by atoms with van der Waals surface area (Å²) in [6.07, 6.45) is -5.09. The summed E-state index contributed by atoms with van der Waals surface area (Å²) in [7, 11) is 0. The standard InChI is InChI=1S/C67H112N2O23/c1-5-6-7-8-9-10-11-12-13-14-29-50(77)59(84)65-62(87)54(81)37-56(92-65)64(89)58(83)42(4)32-33-48(75)55-36-53(80)61(86)66(91-55)60(85)52(79)34-40(2)21-17-27-45(72)35-47(74)39-69-67(90)63(88)51(78)31-20-30-49(76)57(82)41(3)22-15-16-23-43(70)24-18-25-44(71)26-19-28-46(73)38-68/h5,8-9,14,17-22,24,26,29-30,34,43-66,70-89H,1,4,6-7,10-13,15-16,23,25,27-28,31-33,35-39,68H2,2-3H3,(H,69,90). The zero-order chi connectivity index (χ0) is 69.0. The van der Waals surface area contributed by atoms with Crippen LogP contribution in [0, 0.1) is 0 Å². The molecule has 0 aromatic carbocycles. The fraction of sp³-hybridized carbons (Fsp3) is 0.687. The van der Waals surface area contributed by atoms with Crippen LogP contribution in [0.3, 0.4) is 0 Å². The van der Waals surface area contributed by atoms with Gasteiger partial charge in [-0.1, -0.05) is 103 Å². The third-order valence-corrected chi connectivity index (χ3v) is 16.1. The van der Waals surface area contributed by atoms with Crippen molar-refractivity contribution in [3.8, 4) is 0 Å². The number of aliphatic hydroxyl groups excluding tert-OH is 20. The Kier molecular flexibility index (Phi) is 42.2. The number of hydrogen-bond donors (Lipinski definition) is 22. The van der Waals surface area contributed by atoms with Crippen molar-refractivity contribution in [2.45, 2.75) is 276 Å². The van der Waals surface area contributed by atoms with Crippen LogP contribution in [0.5, 0.6) is 0 Å². The predicted molar refractivity (Wildman–Crippen MR) is 344 cm³/mol. The summed E-state index contributed by atoms with van der Waals surface area (Å²) < 4.78 is 11.6. The molecule has 528 valence electrons. The van der Waals surface area contributed by atoms with Crippen LogP contribution in [0.2, 0.25) is 0 Å². The second-order valence-corrected chi connectivity index (χ2v) is 24.3. The SMILES string of the molecule is C=CCCC=CCCCCC=CC(O)C(O)C1OC(C(O)C(O)C(=C)CCC(O)C2CC(O)C(O)C(C(O)C(O)C=C(C)C=CCC(O)CC(O)CNC(=O)C(O)C(O)CC=CC(O)C(O)C(C)=CCCCC(O)C=CCC(O)C=CCC(O)CN)O2)CC(O)C1O. The zero-order valence-corrected chi connectivity index (χ0v) is 53.3. The van der Waals surface area contributed by atoms with Crippen LogP contribution in [-0.4, -0.2) is 268 Å². The summed E-state index contributed by atoms with van der Waals surface area (Å²) in [4.78, 5) is 12.6. The van der Waals surface area contributed by atoms with Gasteiger partial charge in [0.2, 0.25) is 0 Å². The lowest BCUT2D eigenvalue weighted by molar-refractivity contribution is -0.234. The van der Waals surface area contributed by atoms with Gasteiger partial charge >= 0.3 is 0 Å². The molecule has 24 unspecified atom stereocenters. The first-order valence-electron chi connectivity index (χ1n) is 32.1. The van der Waals surface area contributed by atoms with Crippen molar-refractivity contribution in [2.75, 3.05) is 13.1 Å². The quantitative estimate of drug-likeness (QED) is 0.0193. The van der Waals surface area contributed by atoms with Crippen molar-refractivity contribution in [2.24, 2.45) is 5.73 Å². The lowest BCUT2D eigenvalue weighted by atomic mass is 9.87. The highest BCUT2D eigenvalue weighted by atomic mass is 16.6. The van der Waals surface area contributed by atoms with Crippen molar-refractivity contribution >= 4 is 5.91 Å². The second-order valence-electron chi connectivity index (χ2n) is 24.3. The second kappa shape index (κ2) is 46.2. The molecule has 92 heavy (non-hydrogen) atoms. The maximum Gasteiger partial charge on any atom is 0.251 e. The molecule has 0 saturated carbocycles. The Morgan fingerprint density at radius 2 is 1.13 bits per heavy atom. The Labute approximate surface area is 541 Å². The molecular weight excluding hydrogens is 1200 g/mol. The molecule has 0 spiro atoms. The zero-order valence-electron chi connectivity index (χ0n) is 53.3. The highest BCUT2D eigenvalue weighted by molar-refractivity contribution is 5.81. The van der Waals surface area contributed by atoms with E-state index in [-0.39, 0.29) is 63.5 Å². The third-order valence-electron chi connectivity index (χ3n) is 16.1. The van der Waals surface area contributed by atoms with Gasteiger partial charge in [0.05, 0.1) is 67.1 Å². The van der Waals surface area contributed by atoms with Crippen LogP contribution >= 0.6 is 0 Å². The van der Waals surface area contributed by atoms with Gasteiger partial charge in [-0.3, -0.25) is 4.79 Å². The fourth-order valence-electron chi connectivity index (χ4n) is 10.2. The van der Waals surface area contributed by atoms with E-state index < -0.39 is 159 Å². The summed E-state index contributed by atoms with van der Waals surface area (Å²) in [6, 6.07) is 0. The normalized spacial score (nSPS) is 26.8. The number of allylic oxidation sites excluding steroid dienone is 7. The molecular formula is C67H112N2O23. The Bertz CT molecular complexity index is 2310. The molecule has 2 heterocycles. The molecule has 25 heteroatoms. The number of aliphatic hydroxyl groups is 20. The number of rotatable bonds is 46. The summed E-state index contributed by atoms with van der Waals surface area (Å²) in [5.74, 6) is -1.03. The molecule has 2 aliphatic rings. The number of hydrogen-bond acceptors (Lipinski definition) is 24. The minimum atomic E-state index is -1.94.